The average Bonchev–Trinajstić information content (AvgIpc) is 2.46. The van der Waals surface area contributed by atoms with Crippen LogP contribution in [0.1, 0.15) is 79.1 Å². The van der Waals surface area contributed by atoms with Crippen LogP contribution < -0.4 is 17.0 Å². The van der Waals surface area contributed by atoms with Crippen molar-refractivity contribution >= 4 is 28.2 Å². The van der Waals surface area contributed by atoms with Crippen LogP contribution in [0.2, 0.25) is 0 Å². The molecule has 1 nitrogen and oxygen atoms in total. The van der Waals surface area contributed by atoms with E-state index in [0.717, 1.165) is 0 Å². The summed E-state index contributed by atoms with van der Waals surface area (Å²) in [4.78, 5) is 0. The number of nitrogens with zero attached hydrogens (tertiary/aromatic N) is 1. The van der Waals surface area contributed by atoms with Gasteiger partial charge in [-0.15, -0.1) is 0 Å². The van der Waals surface area contributed by atoms with Gasteiger partial charge in [-0.3, -0.25) is 0 Å². The van der Waals surface area contributed by atoms with Gasteiger partial charge in [-0.05, 0) is 25.7 Å². The van der Waals surface area contributed by atoms with Crippen molar-refractivity contribution in [1.82, 2.24) is 0 Å². The molecule has 5 heteroatoms. The Labute approximate surface area is 165 Å². The van der Waals surface area contributed by atoms with Crippen molar-refractivity contribution in [2.45, 2.75) is 79.1 Å². The molecule has 0 saturated heterocycles. The molecule has 0 N–H and O–H groups in total. The summed E-state index contributed by atoms with van der Waals surface area (Å²) in [5.41, 5.74) is 0. The summed E-state index contributed by atoms with van der Waals surface area (Å²) in [7, 11) is 0. The van der Waals surface area contributed by atoms with Crippen molar-refractivity contribution in [3.8, 4) is 0 Å². The fourth-order valence-electron chi connectivity index (χ4n) is 2.64. The van der Waals surface area contributed by atoms with E-state index < -0.39 is 0 Å². The quantitative estimate of drug-likeness (QED) is 0.259. The molecule has 0 bridgehead atoms. The molecule has 0 rings (SSSR count). The van der Waals surface area contributed by atoms with Gasteiger partial charge in [-0.1, -0.05) is 53.4 Å². The van der Waals surface area contributed by atoms with Gasteiger partial charge < -0.3 is 21.5 Å². The molecule has 0 unspecified atom stereocenters. The number of halogens is 3. The normalized spacial score (nSPS) is 10.8. The predicted molar refractivity (Wildman–Crippen MR) is 97.2 cm³/mol. The number of unbranched alkanes of at least 4 members (excludes halogenated alkanes) is 4. The molecule has 21 heavy (non-hydrogen) atoms. The van der Waals surface area contributed by atoms with Gasteiger partial charge in [0, 0.05) is 0 Å². The van der Waals surface area contributed by atoms with Crippen molar-refractivity contribution in [2.24, 2.45) is 0 Å². The van der Waals surface area contributed by atoms with E-state index in [1.54, 1.807) is 0 Å². The van der Waals surface area contributed by atoms with Gasteiger partial charge in [0.2, 0.25) is 0 Å². The van der Waals surface area contributed by atoms with Crippen LogP contribution >= 0.6 is 28.2 Å². The maximum atomic E-state index is 2.97. The fraction of sp³-hybridized carbons (Fsp3) is 1.00. The first-order valence-corrected chi connectivity index (χ1v) is 13.0. The van der Waals surface area contributed by atoms with E-state index in [0.29, 0.717) is 0 Å². The summed E-state index contributed by atoms with van der Waals surface area (Å²) in [5, 5.41) is 0. The Hall–Kier alpha value is 1.92. The zero-order valence-corrected chi connectivity index (χ0v) is 20.1. The molecule has 0 atom stereocenters. The standard InChI is InChI=1S/C16H36N.3BrH.Cu/c1-5-9-13-17(14-10-6-2,15-11-7-3)16-12-8-4;;;;/h5-16H2,1-4H3;3*1H;/q+1;;;;+2/p-3. The van der Waals surface area contributed by atoms with Crippen molar-refractivity contribution in [3.05, 3.63) is 0 Å². The van der Waals surface area contributed by atoms with Crippen LogP contribution in [0.25, 0.3) is 0 Å². The Bertz CT molecular complexity index is 145. The second-order valence-electron chi connectivity index (χ2n) is 5.69. The minimum absolute atomic E-state index is 0. The first kappa shape index (κ1) is 27.8. The van der Waals surface area contributed by atoms with E-state index >= 15 is 0 Å². The van der Waals surface area contributed by atoms with Gasteiger partial charge in [-0.2, -0.15) is 0 Å². The van der Waals surface area contributed by atoms with E-state index in [-0.39, 0.29) is 17.0 Å². The van der Waals surface area contributed by atoms with E-state index in [1.165, 1.54) is 93.4 Å². The molecule has 0 saturated carbocycles. The molecule has 0 aromatic heterocycles. The molecule has 0 fully saturated rings. The molecule has 0 spiro atoms. The topological polar surface area (TPSA) is 0 Å². The van der Waals surface area contributed by atoms with Crippen LogP contribution in [-0.2, 0) is 11.3 Å². The van der Waals surface area contributed by atoms with Gasteiger partial charge in [0.05, 0.1) is 26.2 Å². The molecule has 0 aliphatic carbocycles. The van der Waals surface area contributed by atoms with Crippen molar-refractivity contribution < 1.29 is 32.8 Å². The number of hydrogen-bond donors (Lipinski definition) is 0. The maximum absolute atomic E-state index is 2.97. The molecule has 0 aliphatic rings. The van der Waals surface area contributed by atoms with Gasteiger partial charge in [0.1, 0.15) is 0 Å². The summed E-state index contributed by atoms with van der Waals surface area (Å²) in [5.74, 6) is 0. The van der Waals surface area contributed by atoms with Crippen molar-refractivity contribution in [3.63, 3.8) is 0 Å². The Morgan fingerprint density at radius 3 is 0.952 bits per heavy atom. The molecular formula is C16H36Br3CuN. The Morgan fingerprint density at radius 1 is 0.619 bits per heavy atom. The third-order valence-electron chi connectivity index (χ3n) is 3.94. The van der Waals surface area contributed by atoms with Crippen LogP contribution in [-0.4, -0.2) is 30.7 Å². The molecule has 0 heterocycles. The molecule has 137 valence electrons. The van der Waals surface area contributed by atoms with Crippen LogP contribution in [0.4, 0.5) is 0 Å². The number of quaternary nitrogens is 1. The second kappa shape index (κ2) is 21.9. The van der Waals surface area contributed by atoms with E-state index in [1.807, 2.05) is 0 Å². The number of hydrogen-bond acceptors (Lipinski definition) is 0. The van der Waals surface area contributed by atoms with Crippen LogP contribution in [0.5, 0.6) is 0 Å². The fourth-order valence-corrected chi connectivity index (χ4v) is 2.64. The molecular weight excluding hydrogens is 509 g/mol. The predicted octanol–water partition coefficient (Wildman–Crippen LogP) is 3.70. The van der Waals surface area contributed by atoms with Gasteiger partial charge >= 0.3 is 39.6 Å². The zero-order valence-electron chi connectivity index (χ0n) is 14.4. The summed E-state index contributed by atoms with van der Waals surface area (Å²) in [6.45, 7) is 15.0. The third-order valence-corrected chi connectivity index (χ3v) is 3.94. The van der Waals surface area contributed by atoms with Crippen molar-refractivity contribution in [1.29, 1.82) is 0 Å². The minimum atomic E-state index is 0. The average molecular weight is 546 g/mol. The van der Waals surface area contributed by atoms with E-state index in [4.69, 9.17) is 0 Å². The summed E-state index contributed by atoms with van der Waals surface area (Å²) < 4.78 is 1.42. The Balaban J connectivity index is -0.000000740. The zero-order chi connectivity index (χ0) is 15.7. The second-order valence-corrected chi connectivity index (χ2v) is 10.4. The van der Waals surface area contributed by atoms with Gasteiger partial charge in [0.15, 0.2) is 0 Å². The SMILES string of the molecule is CCCC[N+](CCCC)(CCCC)CCCC.[Br-].[Br][Cu][Br]. The van der Waals surface area contributed by atoms with E-state index in [9.17, 15) is 0 Å². The van der Waals surface area contributed by atoms with Gasteiger partial charge in [0.25, 0.3) is 0 Å². The Kier molecular flexibility index (Phi) is 29.0. The summed E-state index contributed by atoms with van der Waals surface area (Å²) in [6.07, 6.45) is 11.1. The summed E-state index contributed by atoms with van der Waals surface area (Å²) in [6, 6.07) is 0. The molecule has 0 radical (unpaired) electrons. The van der Waals surface area contributed by atoms with Crippen LogP contribution in [0, 0.1) is 0 Å². The molecule has 0 amide bonds. The monoisotopic (exact) mass is 542 g/mol. The third kappa shape index (κ3) is 18.1. The van der Waals surface area contributed by atoms with Crippen LogP contribution in [0.15, 0.2) is 0 Å². The summed E-state index contributed by atoms with van der Waals surface area (Å²) >= 11 is 7.38. The van der Waals surface area contributed by atoms with Crippen molar-refractivity contribution in [2.75, 3.05) is 26.2 Å². The molecule has 0 aliphatic heterocycles. The first-order valence-electron chi connectivity index (χ1n) is 8.32. The molecule has 0 aromatic carbocycles. The Morgan fingerprint density at radius 2 is 0.810 bits per heavy atom. The number of rotatable bonds is 12. The van der Waals surface area contributed by atoms with Gasteiger partial charge in [-0.25, -0.2) is 0 Å². The first-order chi connectivity index (χ1) is 9.66. The van der Waals surface area contributed by atoms with Crippen LogP contribution in [0.3, 0.4) is 0 Å². The van der Waals surface area contributed by atoms with E-state index in [2.05, 4.69) is 55.9 Å². The molecule has 0 aromatic rings.